The second kappa shape index (κ2) is 6.91. The van der Waals surface area contributed by atoms with E-state index in [1.165, 1.54) is 36.7 Å². The van der Waals surface area contributed by atoms with Crippen molar-refractivity contribution in [1.82, 2.24) is 14.9 Å². The largest absolute Gasteiger partial charge is 0.470 e. The molecule has 1 unspecified atom stereocenters. The summed E-state index contributed by atoms with van der Waals surface area (Å²) >= 11 is 0. The number of urea groups is 1. The minimum Gasteiger partial charge on any atom is -0.470 e. The van der Waals surface area contributed by atoms with Crippen molar-refractivity contribution in [1.29, 1.82) is 5.26 Å². The number of amides is 2. The van der Waals surface area contributed by atoms with Gasteiger partial charge in [0.25, 0.3) is 5.88 Å². The van der Waals surface area contributed by atoms with Gasteiger partial charge in [0.05, 0.1) is 6.54 Å². The highest BCUT2D eigenvalue weighted by Gasteiger charge is 2.28. The van der Waals surface area contributed by atoms with Gasteiger partial charge in [-0.15, -0.1) is 0 Å². The number of halogens is 1. The van der Waals surface area contributed by atoms with Crippen molar-refractivity contribution in [2.75, 3.05) is 18.4 Å². The first-order chi connectivity index (χ1) is 11.7. The maximum Gasteiger partial charge on any atom is 0.321 e. The first-order valence-corrected chi connectivity index (χ1v) is 7.35. The number of anilines is 1. The maximum atomic E-state index is 12.9. The van der Waals surface area contributed by atoms with E-state index in [-0.39, 0.29) is 29.5 Å². The van der Waals surface area contributed by atoms with Gasteiger partial charge in [-0.25, -0.2) is 19.2 Å². The second-order valence-electron chi connectivity index (χ2n) is 5.23. The van der Waals surface area contributed by atoms with E-state index in [0.717, 1.165) is 0 Å². The quantitative estimate of drug-likeness (QED) is 0.933. The second-order valence-corrected chi connectivity index (χ2v) is 5.23. The summed E-state index contributed by atoms with van der Waals surface area (Å²) in [6.07, 6.45) is 3.23. The Morgan fingerprint density at radius 2 is 2.08 bits per heavy atom. The minimum absolute atomic E-state index is 0.117. The molecule has 122 valence electrons. The van der Waals surface area contributed by atoms with Crippen LogP contribution in [0.2, 0.25) is 0 Å². The molecule has 2 aromatic rings. The number of carbonyl (C=O) groups excluding carboxylic acids is 1. The highest BCUT2D eigenvalue weighted by Crippen LogP contribution is 2.19. The van der Waals surface area contributed by atoms with E-state index in [9.17, 15) is 9.18 Å². The number of carbonyl (C=O) groups is 1. The maximum absolute atomic E-state index is 12.9. The van der Waals surface area contributed by atoms with Gasteiger partial charge in [0.2, 0.25) is 5.69 Å². The smallest absolute Gasteiger partial charge is 0.321 e. The third kappa shape index (κ3) is 3.57. The molecule has 2 heterocycles. The number of nitrogens with zero attached hydrogens (tertiary/aromatic N) is 4. The fourth-order valence-corrected chi connectivity index (χ4v) is 2.39. The van der Waals surface area contributed by atoms with Crippen LogP contribution in [-0.2, 0) is 0 Å². The lowest BCUT2D eigenvalue weighted by Crippen LogP contribution is -2.34. The average molecular weight is 327 g/mol. The van der Waals surface area contributed by atoms with Crippen LogP contribution in [0.25, 0.3) is 0 Å². The Bertz CT molecular complexity index is 775. The molecule has 1 aliphatic heterocycles. The molecule has 0 aliphatic carbocycles. The van der Waals surface area contributed by atoms with Gasteiger partial charge in [-0.1, -0.05) is 0 Å². The lowest BCUT2D eigenvalue weighted by Gasteiger charge is -2.17. The molecule has 1 aromatic heterocycles. The number of aromatic nitrogens is 2. The molecule has 1 N–H and O–H groups in total. The van der Waals surface area contributed by atoms with Crippen LogP contribution in [-0.4, -0.2) is 40.1 Å². The van der Waals surface area contributed by atoms with Gasteiger partial charge in [-0.05, 0) is 24.3 Å². The summed E-state index contributed by atoms with van der Waals surface area (Å²) in [5.41, 5.74) is 0.637. The van der Waals surface area contributed by atoms with Crippen molar-refractivity contribution >= 4 is 11.7 Å². The summed E-state index contributed by atoms with van der Waals surface area (Å²) in [5, 5.41) is 11.7. The normalized spacial score (nSPS) is 16.5. The topological polar surface area (TPSA) is 91.1 Å². The molecule has 1 atom stereocenters. The van der Waals surface area contributed by atoms with Crippen LogP contribution in [0.1, 0.15) is 12.1 Å². The van der Waals surface area contributed by atoms with Crippen molar-refractivity contribution < 1.29 is 13.9 Å². The Labute approximate surface area is 137 Å². The van der Waals surface area contributed by atoms with E-state index in [2.05, 4.69) is 15.3 Å². The van der Waals surface area contributed by atoms with E-state index in [4.69, 9.17) is 10.00 Å². The molecule has 7 nitrogen and oxygen atoms in total. The third-order valence-corrected chi connectivity index (χ3v) is 3.58. The summed E-state index contributed by atoms with van der Waals surface area (Å²) < 4.78 is 18.5. The molecule has 0 spiro atoms. The van der Waals surface area contributed by atoms with Gasteiger partial charge >= 0.3 is 6.03 Å². The van der Waals surface area contributed by atoms with Crippen molar-refractivity contribution in [2.45, 2.75) is 12.5 Å². The first kappa shape index (κ1) is 15.7. The fraction of sp³-hybridized carbons (Fsp3) is 0.250. The Hall–Kier alpha value is -3.21. The van der Waals surface area contributed by atoms with Crippen molar-refractivity contribution in [2.24, 2.45) is 0 Å². The zero-order valence-electron chi connectivity index (χ0n) is 12.6. The van der Waals surface area contributed by atoms with E-state index < -0.39 is 0 Å². The number of hydrogen-bond donors (Lipinski definition) is 1. The molecule has 1 aliphatic rings. The predicted octanol–water partition coefficient (Wildman–Crippen LogP) is 2.17. The van der Waals surface area contributed by atoms with E-state index >= 15 is 0 Å². The molecule has 1 saturated heterocycles. The molecule has 0 saturated carbocycles. The highest BCUT2D eigenvalue weighted by molar-refractivity contribution is 5.89. The Morgan fingerprint density at radius 1 is 1.33 bits per heavy atom. The molecule has 24 heavy (non-hydrogen) atoms. The summed E-state index contributed by atoms with van der Waals surface area (Å²) in [6, 6.07) is 7.19. The SMILES string of the molecule is N#Cc1nccnc1OC1CCN(C(=O)Nc2ccc(F)cc2)C1. The van der Waals surface area contributed by atoms with Gasteiger partial charge in [0.1, 0.15) is 18.0 Å². The molecule has 2 amide bonds. The third-order valence-electron chi connectivity index (χ3n) is 3.58. The Kier molecular flexibility index (Phi) is 4.52. The van der Waals surface area contributed by atoms with E-state index in [1.54, 1.807) is 4.90 Å². The zero-order chi connectivity index (χ0) is 16.9. The summed E-state index contributed by atoms with van der Waals surface area (Å²) in [7, 11) is 0. The number of benzene rings is 1. The fourth-order valence-electron chi connectivity index (χ4n) is 2.39. The number of likely N-dealkylation sites (tertiary alicyclic amines) is 1. The van der Waals surface area contributed by atoms with Crippen LogP contribution in [0, 0.1) is 17.1 Å². The molecule has 1 fully saturated rings. The van der Waals surface area contributed by atoms with Crippen LogP contribution in [0.4, 0.5) is 14.9 Å². The molecule has 1 aromatic carbocycles. The lowest BCUT2D eigenvalue weighted by molar-refractivity contribution is 0.189. The van der Waals surface area contributed by atoms with Crippen LogP contribution in [0.3, 0.4) is 0 Å². The molecule has 3 rings (SSSR count). The van der Waals surface area contributed by atoms with Gasteiger partial charge in [-0.3, -0.25) is 0 Å². The lowest BCUT2D eigenvalue weighted by atomic mass is 10.3. The Morgan fingerprint density at radius 3 is 2.83 bits per heavy atom. The standard InChI is InChI=1S/C16H14FN5O2/c17-11-1-3-12(4-2-11)21-16(23)22-8-5-13(10-22)24-15-14(9-18)19-6-7-20-15/h1-4,6-7,13H,5,8,10H2,(H,21,23). The van der Waals surface area contributed by atoms with E-state index in [0.29, 0.717) is 25.2 Å². The van der Waals surface area contributed by atoms with Crippen LogP contribution in [0.15, 0.2) is 36.7 Å². The minimum atomic E-state index is -0.361. The van der Waals surface area contributed by atoms with Gasteiger partial charge < -0.3 is 15.0 Å². The Balaban J connectivity index is 1.58. The van der Waals surface area contributed by atoms with Crippen LogP contribution in [0.5, 0.6) is 5.88 Å². The monoisotopic (exact) mass is 327 g/mol. The molecule has 0 bridgehead atoms. The number of ether oxygens (including phenoxy) is 1. The molecule has 0 radical (unpaired) electrons. The average Bonchev–Trinajstić information content (AvgIpc) is 3.06. The number of nitrogens with one attached hydrogen (secondary N) is 1. The molecular formula is C16H14FN5O2. The van der Waals surface area contributed by atoms with Crippen LogP contribution >= 0.6 is 0 Å². The van der Waals surface area contributed by atoms with Crippen molar-refractivity contribution in [3.05, 3.63) is 48.2 Å². The van der Waals surface area contributed by atoms with Gasteiger partial charge in [0.15, 0.2) is 0 Å². The van der Waals surface area contributed by atoms with Crippen molar-refractivity contribution in [3.8, 4) is 11.9 Å². The summed E-state index contributed by atoms with van der Waals surface area (Å²) in [6.45, 7) is 0.883. The summed E-state index contributed by atoms with van der Waals surface area (Å²) in [4.78, 5) is 21.7. The highest BCUT2D eigenvalue weighted by atomic mass is 19.1. The zero-order valence-corrected chi connectivity index (χ0v) is 12.6. The van der Waals surface area contributed by atoms with Gasteiger partial charge in [0, 0.05) is 31.0 Å². The van der Waals surface area contributed by atoms with E-state index in [1.807, 2.05) is 6.07 Å². The van der Waals surface area contributed by atoms with Crippen LogP contribution < -0.4 is 10.1 Å². The first-order valence-electron chi connectivity index (χ1n) is 7.35. The predicted molar refractivity (Wildman–Crippen MR) is 82.8 cm³/mol. The van der Waals surface area contributed by atoms with Gasteiger partial charge in [-0.2, -0.15) is 5.26 Å². The van der Waals surface area contributed by atoms with Crippen molar-refractivity contribution in [3.63, 3.8) is 0 Å². The number of nitriles is 1. The number of hydrogen-bond acceptors (Lipinski definition) is 5. The number of rotatable bonds is 3. The molecular weight excluding hydrogens is 313 g/mol. The summed E-state index contributed by atoms with van der Waals surface area (Å²) in [5.74, 6) is -0.189. The molecule has 8 heteroatoms.